The Morgan fingerprint density at radius 1 is 1.35 bits per heavy atom. The Hall–Kier alpha value is -1.26. The van der Waals surface area contributed by atoms with Crippen molar-refractivity contribution in [2.75, 3.05) is 32.2 Å². The van der Waals surface area contributed by atoms with Gasteiger partial charge in [0.05, 0.1) is 18.8 Å². The van der Waals surface area contributed by atoms with Gasteiger partial charge in [-0.2, -0.15) is 0 Å². The molecule has 4 heteroatoms. The van der Waals surface area contributed by atoms with E-state index in [1.807, 2.05) is 18.2 Å². The maximum atomic E-state index is 10.1. The zero-order chi connectivity index (χ0) is 14.8. The number of hydrogen-bond donors (Lipinski definition) is 1. The van der Waals surface area contributed by atoms with Gasteiger partial charge in [0, 0.05) is 31.5 Å². The Kier molecular flexibility index (Phi) is 4.55. The molecule has 0 radical (unpaired) electrons. The molecule has 112 valence electrons. The highest BCUT2D eigenvalue weighted by Crippen LogP contribution is 2.37. The van der Waals surface area contributed by atoms with Crippen LogP contribution in [-0.2, 0) is 4.74 Å². The predicted molar refractivity (Wildman–Crippen MR) is 80.5 cm³/mol. The Balaban J connectivity index is 2.37. The standard InChI is InChI=1S/C16H25NO3/c1-12(18)15-13(7-5-8-14(15)19-3)17-10-6-9-16(2,11-17)20-4/h5,7-8,12,18H,6,9-11H2,1-4H3/t12-,16?/m0/s1. The Labute approximate surface area is 121 Å². The average molecular weight is 279 g/mol. The van der Waals surface area contributed by atoms with Gasteiger partial charge in [-0.05, 0) is 38.8 Å². The van der Waals surface area contributed by atoms with Crippen LogP contribution in [-0.4, -0.2) is 38.0 Å². The van der Waals surface area contributed by atoms with Gasteiger partial charge >= 0.3 is 0 Å². The van der Waals surface area contributed by atoms with E-state index in [2.05, 4.69) is 11.8 Å². The monoisotopic (exact) mass is 279 g/mol. The lowest BCUT2D eigenvalue weighted by Gasteiger charge is -2.41. The molecule has 1 aliphatic rings. The van der Waals surface area contributed by atoms with Gasteiger partial charge in [0.2, 0.25) is 0 Å². The van der Waals surface area contributed by atoms with Crippen molar-refractivity contribution in [3.63, 3.8) is 0 Å². The van der Waals surface area contributed by atoms with Crippen LogP contribution in [0.5, 0.6) is 5.75 Å². The number of benzene rings is 1. The lowest BCUT2D eigenvalue weighted by atomic mass is 9.93. The number of hydrogen-bond acceptors (Lipinski definition) is 4. The highest BCUT2D eigenvalue weighted by molar-refractivity contribution is 5.61. The first-order valence-electron chi connectivity index (χ1n) is 7.16. The smallest absolute Gasteiger partial charge is 0.126 e. The maximum absolute atomic E-state index is 10.1. The first kappa shape index (κ1) is 15.1. The van der Waals surface area contributed by atoms with Gasteiger partial charge < -0.3 is 19.5 Å². The Morgan fingerprint density at radius 2 is 2.10 bits per heavy atom. The summed E-state index contributed by atoms with van der Waals surface area (Å²) in [7, 11) is 3.41. The highest BCUT2D eigenvalue weighted by Gasteiger charge is 2.32. The number of nitrogens with zero attached hydrogens (tertiary/aromatic N) is 1. The van der Waals surface area contributed by atoms with Crippen molar-refractivity contribution >= 4 is 5.69 Å². The van der Waals surface area contributed by atoms with Gasteiger partial charge in [0.15, 0.2) is 0 Å². The van der Waals surface area contributed by atoms with E-state index >= 15 is 0 Å². The molecule has 0 bridgehead atoms. The molecule has 1 heterocycles. The third kappa shape index (κ3) is 2.91. The average Bonchev–Trinajstić information content (AvgIpc) is 2.46. The van der Waals surface area contributed by atoms with Crippen molar-refractivity contribution in [1.29, 1.82) is 0 Å². The van der Waals surface area contributed by atoms with Crippen LogP contribution in [0.3, 0.4) is 0 Å². The first-order valence-corrected chi connectivity index (χ1v) is 7.16. The molecule has 2 rings (SSSR count). The summed E-state index contributed by atoms with van der Waals surface area (Å²) >= 11 is 0. The van der Waals surface area contributed by atoms with Gasteiger partial charge in [0.1, 0.15) is 5.75 Å². The number of piperidine rings is 1. The molecule has 0 spiro atoms. The van der Waals surface area contributed by atoms with E-state index in [1.165, 1.54) is 0 Å². The number of rotatable bonds is 4. The summed E-state index contributed by atoms with van der Waals surface area (Å²) in [5.41, 5.74) is 1.77. The number of aliphatic hydroxyl groups is 1. The third-order valence-electron chi connectivity index (χ3n) is 4.17. The van der Waals surface area contributed by atoms with Crippen LogP contribution >= 0.6 is 0 Å². The van der Waals surface area contributed by atoms with E-state index in [0.29, 0.717) is 0 Å². The molecular weight excluding hydrogens is 254 g/mol. The SMILES string of the molecule is COc1cccc(N2CCCC(C)(OC)C2)c1[C@H](C)O. The van der Waals surface area contributed by atoms with E-state index in [9.17, 15) is 5.11 Å². The van der Waals surface area contributed by atoms with Crippen LogP contribution in [0.25, 0.3) is 0 Å². The first-order chi connectivity index (χ1) is 9.50. The normalized spacial score (nSPS) is 24.6. The minimum atomic E-state index is -0.558. The molecule has 0 aromatic heterocycles. The second-order valence-electron chi connectivity index (χ2n) is 5.75. The van der Waals surface area contributed by atoms with Gasteiger partial charge in [-0.1, -0.05) is 6.07 Å². The molecule has 0 amide bonds. The van der Waals surface area contributed by atoms with Crippen LogP contribution in [0.2, 0.25) is 0 Å². The van der Waals surface area contributed by atoms with Crippen molar-refractivity contribution in [1.82, 2.24) is 0 Å². The summed E-state index contributed by atoms with van der Waals surface area (Å²) in [6.07, 6.45) is 1.59. The van der Waals surface area contributed by atoms with Crippen LogP contribution in [0.1, 0.15) is 38.4 Å². The minimum Gasteiger partial charge on any atom is -0.496 e. The number of methoxy groups -OCH3 is 2. The van der Waals surface area contributed by atoms with Crippen LogP contribution < -0.4 is 9.64 Å². The quantitative estimate of drug-likeness (QED) is 0.920. The Morgan fingerprint density at radius 3 is 2.70 bits per heavy atom. The molecule has 20 heavy (non-hydrogen) atoms. The summed E-state index contributed by atoms with van der Waals surface area (Å²) in [6, 6.07) is 5.91. The largest absolute Gasteiger partial charge is 0.496 e. The van der Waals surface area contributed by atoms with Gasteiger partial charge in [0.25, 0.3) is 0 Å². The number of anilines is 1. The van der Waals surface area contributed by atoms with Crippen LogP contribution in [0.4, 0.5) is 5.69 Å². The lowest BCUT2D eigenvalue weighted by Crippen LogP contribution is -2.47. The summed E-state index contributed by atoms with van der Waals surface area (Å²) < 4.78 is 11.1. The Bertz CT molecular complexity index is 461. The second kappa shape index (κ2) is 6.02. The van der Waals surface area contributed by atoms with Crippen LogP contribution in [0.15, 0.2) is 18.2 Å². The molecule has 1 N–H and O–H groups in total. The third-order valence-corrected chi connectivity index (χ3v) is 4.17. The topological polar surface area (TPSA) is 41.9 Å². The summed E-state index contributed by atoms with van der Waals surface area (Å²) in [6.45, 7) is 5.73. The van der Waals surface area contributed by atoms with E-state index < -0.39 is 6.10 Å². The maximum Gasteiger partial charge on any atom is 0.126 e. The molecule has 0 aliphatic carbocycles. The fourth-order valence-electron chi connectivity index (χ4n) is 2.98. The van der Waals surface area contributed by atoms with Crippen molar-refractivity contribution < 1.29 is 14.6 Å². The van der Waals surface area contributed by atoms with Crippen molar-refractivity contribution in [2.45, 2.75) is 38.4 Å². The predicted octanol–water partition coefficient (Wildman–Crippen LogP) is 2.75. The number of aliphatic hydroxyl groups excluding tert-OH is 1. The highest BCUT2D eigenvalue weighted by atomic mass is 16.5. The van der Waals surface area contributed by atoms with Crippen molar-refractivity contribution in [3.05, 3.63) is 23.8 Å². The fourth-order valence-corrected chi connectivity index (χ4v) is 2.98. The zero-order valence-corrected chi connectivity index (χ0v) is 12.8. The van der Waals surface area contributed by atoms with E-state index in [1.54, 1.807) is 21.1 Å². The summed E-state index contributed by atoms with van der Waals surface area (Å²) in [5.74, 6) is 0.738. The summed E-state index contributed by atoms with van der Waals surface area (Å²) in [5, 5.41) is 10.1. The van der Waals surface area contributed by atoms with E-state index in [4.69, 9.17) is 9.47 Å². The second-order valence-corrected chi connectivity index (χ2v) is 5.75. The van der Waals surface area contributed by atoms with Gasteiger partial charge in [-0.25, -0.2) is 0 Å². The zero-order valence-electron chi connectivity index (χ0n) is 12.8. The van der Waals surface area contributed by atoms with Crippen molar-refractivity contribution in [2.24, 2.45) is 0 Å². The van der Waals surface area contributed by atoms with Gasteiger partial charge in [-0.15, -0.1) is 0 Å². The molecular formula is C16H25NO3. The molecule has 4 nitrogen and oxygen atoms in total. The minimum absolute atomic E-state index is 0.128. The summed E-state index contributed by atoms with van der Waals surface area (Å²) in [4.78, 5) is 2.29. The molecule has 1 aromatic carbocycles. The molecule has 1 saturated heterocycles. The number of ether oxygens (including phenoxy) is 2. The van der Waals surface area contributed by atoms with Crippen molar-refractivity contribution in [3.8, 4) is 5.75 Å². The van der Waals surface area contributed by atoms with Crippen LogP contribution in [0, 0.1) is 0 Å². The molecule has 1 fully saturated rings. The van der Waals surface area contributed by atoms with Gasteiger partial charge in [-0.3, -0.25) is 0 Å². The van der Waals surface area contributed by atoms with E-state index in [0.717, 1.165) is 42.9 Å². The molecule has 1 aromatic rings. The lowest BCUT2D eigenvalue weighted by molar-refractivity contribution is -0.00477. The molecule has 2 atom stereocenters. The van der Waals surface area contributed by atoms with E-state index in [-0.39, 0.29) is 5.60 Å². The molecule has 0 saturated carbocycles. The fraction of sp³-hybridized carbons (Fsp3) is 0.625. The molecule has 1 aliphatic heterocycles. The molecule has 1 unspecified atom stereocenters.